The lowest BCUT2D eigenvalue weighted by atomic mass is 10.0. The van der Waals surface area contributed by atoms with Gasteiger partial charge in [0.2, 0.25) is 0 Å². The van der Waals surface area contributed by atoms with Crippen LogP contribution >= 0.6 is 0 Å². The van der Waals surface area contributed by atoms with Gasteiger partial charge in [-0.15, -0.1) is 6.42 Å². The number of carbonyl (C=O) groups is 1. The number of aromatic carboxylic acids is 1. The fraction of sp³-hybridized carbons (Fsp3) is 0.353. The number of rotatable bonds is 3. The third-order valence-electron chi connectivity index (χ3n) is 3.06. The molecule has 106 valence electrons. The zero-order chi connectivity index (χ0) is 15.3. The van der Waals surface area contributed by atoms with Crippen molar-refractivity contribution >= 4 is 16.9 Å². The average molecular weight is 271 g/mol. The summed E-state index contributed by atoms with van der Waals surface area (Å²) >= 11 is 0. The molecule has 0 aliphatic carbocycles. The maximum atomic E-state index is 11.2. The maximum Gasteiger partial charge on any atom is 0.352 e. The topological polar surface area (TPSA) is 42.2 Å². The van der Waals surface area contributed by atoms with Gasteiger partial charge in [-0.1, -0.05) is 39.7 Å². The van der Waals surface area contributed by atoms with Crippen LogP contribution in [0, 0.1) is 12.3 Å². The molecule has 0 atom stereocenters. The van der Waals surface area contributed by atoms with Crippen molar-refractivity contribution in [2.24, 2.45) is 0 Å². The molecule has 2 rings (SSSR count). The first-order valence-electron chi connectivity index (χ1n) is 6.84. The molecule has 0 aliphatic heterocycles. The highest BCUT2D eigenvalue weighted by atomic mass is 16.4. The summed E-state index contributed by atoms with van der Waals surface area (Å²) in [6.07, 6.45) is 5.29. The molecule has 0 unspecified atom stereocenters. The van der Waals surface area contributed by atoms with Crippen molar-refractivity contribution in [1.29, 1.82) is 0 Å². The minimum atomic E-state index is -0.951. The highest BCUT2D eigenvalue weighted by Gasteiger charge is 2.14. The number of hydrogen-bond donors (Lipinski definition) is 1. The van der Waals surface area contributed by atoms with Crippen molar-refractivity contribution in [3.05, 3.63) is 35.5 Å². The van der Waals surface area contributed by atoms with Gasteiger partial charge in [0.1, 0.15) is 5.69 Å². The van der Waals surface area contributed by atoms with Crippen molar-refractivity contribution < 1.29 is 9.90 Å². The quantitative estimate of drug-likeness (QED) is 0.853. The Hall–Kier alpha value is -2.21. The number of aromatic nitrogens is 1. The molecule has 3 heteroatoms. The van der Waals surface area contributed by atoms with E-state index in [1.807, 2.05) is 32.0 Å². The van der Waals surface area contributed by atoms with Crippen LogP contribution in [0.2, 0.25) is 0 Å². The van der Waals surface area contributed by atoms with Gasteiger partial charge in [0, 0.05) is 10.9 Å². The van der Waals surface area contributed by atoms with Crippen molar-refractivity contribution in [2.75, 3.05) is 0 Å². The molecule has 20 heavy (non-hydrogen) atoms. The molecule has 0 radical (unpaired) electrons. The first-order chi connectivity index (χ1) is 9.54. The molecule has 2 aromatic rings. The Kier molecular flexibility index (Phi) is 5.40. The van der Waals surface area contributed by atoms with Crippen molar-refractivity contribution in [1.82, 2.24) is 4.57 Å². The second-order valence-electron chi connectivity index (χ2n) is 4.60. The summed E-state index contributed by atoms with van der Waals surface area (Å²) in [5.41, 5.74) is 2.30. The van der Waals surface area contributed by atoms with E-state index in [1.54, 1.807) is 10.6 Å². The summed E-state index contributed by atoms with van der Waals surface area (Å²) in [5.74, 6) is 1.96. The molecule has 1 aromatic carbocycles. The molecule has 1 aromatic heterocycles. The largest absolute Gasteiger partial charge is 0.477 e. The molecular formula is C17H21NO2. The molecule has 3 nitrogen and oxygen atoms in total. The third kappa shape index (κ3) is 3.03. The van der Waals surface area contributed by atoms with Crippen molar-refractivity contribution in [3.8, 4) is 12.3 Å². The Morgan fingerprint density at radius 3 is 2.50 bits per heavy atom. The van der Waals surface area contributed by atoms with E-state index in [0.717, 1.165) is 10.9 Å². The van der Waals surface area contributed by atoms with Gasteiger partial charge in [0.15, 0.2) is 0 Å². The Labute approximate surface area is 120 Å². The number of hydrogen-bond acceptors (Lipinski definition) is 1. The van der Waals surface area contributed by atoms with E-state index in [9.17, 15) is 9.90 Å². The average Bonchev–Trinajstić information content (AvgIpc) is 2.80. The number of benzene rings is 1. The summed E-state index contributed by atoms with van der Waals surface area (Å²) < 4.78 is 1.65. The third-order valence-corrected chi connectivity index (χ3v) is 3.06. The number of fused-ring (bicyclic) bond motifs is 1. The van der Waals surface area contributed by atoms with Crippen molar-refractivity contribution in [3.63, 3.8) is 0 Å². The minimum absolute atomic E-state index is 0.240. The lowest BCUT2D eigenvalue weighted by Gasteiger charge is -2.06. The van der Waals surface area contributed by atoms with E-state index in [2.05, 4.69) is 19.8 Å². The number of carboxylic acid groups (broad SMARTS) is 1. The van der Waals surface area contributed by atoms with E-state index in [4.69, 9.17) is 6.42 Å². The van der Waals surface area contributed by atoms with Crippen molar-refractivity contribution in [2.45, 2.75) is 40.2 Å². The van der Waals surface area contributed by atoms with E-state index in [-0.39, 0.29) is 12.2 Å². The molecule has 0 aliphatic rings. The van der Waals surface area contributed by atoms with Gasteiger partial charge in [0.05, 0.1) is 6.54 Å². The highest BCUT2D eigenvalue weighted by Crippen LogP contribution is 2.24. The second kappa shape index (κ2) is 6.81. The van der Waals surface area contributed by atoms with E-state index in [0.29, 0.717) is 5.92 Å². The summed E-state index contributed by atoms with van der Waals surface area (Å²) in [5, 5.41) is 10.1. The van der Waals surface area contributed by atoms with Crippen LogP contribution in [0.3, 0.4) is 0 Å². The summed E-state index contributed by atoms with van der Waals surface area (Å²) in [4.78, 5) is 11.2. The van der Waals surface area contributed by atoms with E-state index >= 15 is 0 Å². The molecule has 0 fully saturated rings. The molecule has 0 bridgehead atoms. The van der Waals surface area contributed by atoms with Crippen LogP contribution in [-0.2, 0) is 6.54 Å². The Morgan fingerprint density at radius 2 is 2.00 bits per heavy atom. The molecule has 1 N–H and O–H groups in total. The monoisotopic (exact) mass is 271 g/mol. The van der Waals surface area contributed by atoms with Crippen LogP contribution < -0.4 is 0 Å². The van der Waals surface area contributed by atoms with Gasteiger partial charge in [-0.25, -0.2) is 4.79 Å². The lowest BCUT2D eigenvalue weighted by molar-refractivity contribution is 0.0686. The zero-order valence-corrected chi connectivity index (χ0v) is 12.5. The van der Waals surface area contributed by atoms with E-state index in [1.165, 1.54) is 5.56 Å². The van der Waals surface area contributed by atoms with Crippen LogP contribution in [0.5, 0.6) is 0 Å². The minimum Gasteiger partial charge on any atom is -0.477 e. The standard InChI is InChI=1S/C15H15NO2.C2H6/c1-4-7-16-13-6-5-11(10(2)3)8-12(13)9-14(16)15(17)18;1-2/h1,5-6,8-10H,7H2,2-3H3,(H,17,18);1-2H3. The van der Waals surface area contributed by atoms with Crippen LogP contribution in [0.25, 0.3) is 10.9 Å². The van der Waals surface area contributed by atoms with E-state index < -0.39 is 5.97 Å². The van der Waals surface area contributed by atoms with Crippen LogP contribution in [0.15, 0.2) is 24.3 Å². The van der Waals surface area contributed by atoms with Gasteiger partial charge in [-0.3, -0.25) is 0 Å². The van der Waals surface area contributed by atoms with Gasteiger partial charge in [-0.2, -0.15) is 0 Å². The molecular weight excluding hydrogens is 250 g/mol. The first kappa shape index (κ1) is 15.8. The molecule has 0 saturated carbocycles. The number of terminal acetylenes is 1. The summed E-state index contributed by atoms with van der Waals surface area (Å²) in [6.45, 7) is 8.49. The SMILES string of the molecule is C#CCn1c(C(=O)O)cc2cc(C(C)C)ccc21.CC. The fourth-order valence-electron chi connectivity index (χ4n) is 2.09. The van der Waals surface area contributed by atoms with Gasteiger partial charge < -0.3 is 9.67 Å². The lowest BCUT2D eigenvalue weighted by Crippen LogP contribution is -2.07. The normalized spacial score (nSPS) is 10.0. The van der Waals surface area contributed by atoms with Crippen LogP contribution in [-0.4, -0.2) is 15.6 Å². The number of nitrogens with zero attached hydrogens (tertiary/aromatic N) is 1. The predicted molar refractivity (Wildman–Crippen MR) is 83.2 cm³/mol. The smallest absolute Gasteiger partial charge is 0.352 e. The maximum absolute atomic E-state index is 11.2. The molecule has 0 amide bonds. The summed E-state index contributed by atoms with van der Waals surface area (Å²) in [6, 6.07) is 7.67. The molecule has 0 spiro atoms. The Balaban J connectivity index is 0.000000956. The second-order valence-corrected chi connectivity index (χ2v) is 4.60. The predicted octanol–water partition coefficient (Wildman–Crippen LogP) is 4.12. The highest BCUT2D eigenvalue weighted by molar-refractivity contribution is 5.95. The van der Waals surface area contributed by atoms with Crippen LogP contribution in [0.4, 0.5) is 0 Å². The Morgan fingerprint density at radius 1 is 1.35 bits per heavy atom. The Bertz CT molecular complexity index is 645. The fourth-order valence-corrected chi connectivity index (χ4v) is 2.09. The number of carboxylic acids is 1. The zero-order valence-electron chi connectivity index (χ0n) is 12.5. The van der Waals surface area contributed by atoms with Gasteiger partial charge >= 0.3 is 5.97 Å². The molecule has 0 saturated heterocycles. The molecule has 1 heterocycles. The summed E-state index contributed by atoms with van der Waals surface area (Å²) in [7, 11) is 0. The van der Waals surface area contributed by atoms with Gasteiger partial charge in [-0.05, 0) is 29.7 Å². The van der Waals surface area contributed by atoms with Gasteiger partial charge in [0.25, 0.3) is 0 Å². The van der Waals surface area contributed by atoms with Crippen LogP contribution in [0.1, 0.15) is 49.7 Å². The first-order valence-corrected chi connectivity index (χ1v) is 6.84.